The Kier molecular flexibility index (Phi) is 8.09. The average Bonchev–Trinajstić information content (AvgIpc) is 2.67. The van der Waals surface area contributed by atoms with Crippen LogP contribution in [0.15, 0.2) is 53.0 Å². The van der Waals surface area contributed by atoms with Gasteiger partial charge in [0.15, 0.2) is 0 Å². The predicted molar refractivity (Wildman–Crippen MR) is 118 cm³/mol. The van der Waals surface area contributed by atoms with Gasteiger partial charge in [-0.1, -0.05) is 46.3 Å². The van der Waals surface area contributed by atoms with Gasteiger partial charge in [-0.2, -0.15) is 0 Å². The van der Waals surface area contributed by atoms with Crippen LogP contribution in [0.2, 0.25) is 0 Å². The average molecular weight is 461 g/mol. The van der Waals surface area contributed by atoms with E-state index in [-0.39, 0.29) is 18.1 Å². The van der Waals surface area contributed by atoms with E-state index in [0.29, 0.717) is 19.6 Å². The molecule has 2 unspecified atom stereocenters. The Morgan fingerprint density at radius 2 is 1.83 bits per heavy atom. The lowest BCUT2D eigenvalue weighted by Gasteiger charge is -2.35. The van der Waals surface area contributed by atoms with E-state index in [1.807, 2.05) is 24.3 Å². The number of nitrogens with zero attached hydrogens (tertiary/aromatic N) is 1. The molecule has 1 heterocycles. The molecule has 0 bridgehead atoms. The van der Waals surface area contributed by atoms with Gasteiger partial charge in [0.05, 0.1) is 25.2 Å². The number of rotatable bonds is 8. The molecular weight excluding hydrogens is 432 g/mol. The summed E-state index contributed by atoms with van der Waals surface area (Å²) in [6, 6.07) is 16.1. The van der Waals surface area contributed by atoms with Crippen molar-refractivity contribution in [3.05, 3.63) is 64.1 Å². The van der Waals surface area contributed by atoms with Gasteiger partial charge in [-0.05, 0) is 43.2 Å². The van der Waals surface area contributed by atoms with Crippen LogP contribution in [0.4, 0.5) is 0 Å². The second-order valence-corrected chi connectivity index (χ2v) is 8.52. The summed E-state index contributed by atoms with van der Waals surface area (Å²) in [6.45, 7) is 7.99. The molecule has 0 aliphatic carbocycles. The van der Waals surface area contributed by atoms with Crippen LogP contribution in [0, 0.1) is 0 Å². The Hall–Kier alpha value is -1.89. The molecule has 2 atom stereocenters. The third-order valence-electron chi connectivity index (χ3n) is 4.81. The lowest BCUT2D eigenvalue weighted by atomic mass is 10.1. The predicted octanol–water partition coefficient (Wildman–Crippen LogP) is 4.14. The molecule has 1 aliphatic heterocycles. The third kappa shape index (κ3) is 7.46. The molecule has 1 fully saturated rings. The monoisotopic (exact) mass is 460 g/mol. The Balaban J connectivity index is 1.37. The topological polar surface area (TPSA) is 50.8 Å². The van der Waals surface area contributed by atoms with Gasteiger partial charge in [0.2, 0.25) is 5.91 Å². The van der Waals surface area contributed by atoms with E-state index < -0.39 is 0 Å². The van der Waals surface area contributed by atoms with Crippen molar-refractivity contribution in [1.29, 1.82) is 0 Å². The smallest absolute Gasteiger partial charge is 0.223 e. The Bertz CT molecular complexity index is 787. The number of benzene rings is 2. The molecule has 0 saturated carbocycles. The summed E-state index contributed by atoms with van der Waals surface area (Å²) in [7, 11) is 0. The van der Waals surface area contributed by atoms with E-state index in [0.717, 1.165) is 35.4 Å². The molecule has 0 spiro atoms. The fourth-order valence-corrected chi connectivity index (χ4v) is 3.92. The van der Waals surface area contributed by atoms with Gasteiger partial charge in [0.25, 0.3) is 0 Å². The van der Waals surface area contributed by atoms with E-state index in [1.165, 1.54) is 5.56 Å². The highest BCUT2D eigenvalue weighted by Crippen LogP contribution is 2.18. The largest absolute Gasteiger partial charge is 0.493 e. The second kappa shape index (κ2) is 10.8. The van der Waals surface area contributed by atoms with Crippen molar-refractivity contribution in [2.45, 2.75) is 45.6 Å². The van der Waals surface area contributed by atoms with Crippen LogP contribution >= 0.6 is 15.9 Å². The molecule has 3 rings (SSSR count). The van der Waals surface area contributed by atoms with E-state index in [1.54, 1.807) is 0 Å². The normalized spacial score (nSPS) is 19.7. The Morgan fingerprint density at radius 3 is 2.52 bits per heavy atom. The molecule has 1 amide bonds. The summed E-state index contributed by atoms with van der Waals surface area (Å²) < 4.78 is 12.4. The molecule has 1 N–H and O–H groups in total. The lowest BCUT2D eigenvalue weighted by Crippen LogP contribution is -2.44. The first kappa shape index (κ1) is 21.8. The zero-order valence-corrected chi connectivity index (χ0v) is 18.7. The number of carbonyl (C=O) groups is 1. The fourth-order valence-electron chi connectivity index (χ4n) is 3.54. The van der Waals surface area contributed by atoms with Crippen molar-refractivity contribution in [1.82, 2.24) is 10.2 Å². The summed E-state index contributed by atoms with van der Waals surface area (Å²) in [5, 5.41) is 2.95. The maximum Gasteiger partial charge on any atom is 0.223 e. The number of ether oxygens (including phenoxy) is 2. The number of halogens is 1. The molecule has 0 radical (unpaired) electrons. The molecule has 29 heavy (non-hydrogen) atoms. The van der Waals surface area contributed by atoms with E-state index in [9.17, 15) is 4.79 Å². The van der Waals surface area contributed by atoms with Gasteiger partial charge >= 0.3 is 0 Å². The molecule has 1 saturated heterocycles. The standard InChI is InChI=1S/C23H29BrN2O3/c1-17-14-26(15-18(2)29-17)16-20-8-6-19(7-9-20)13-25-23(27)10-11-28-22-5-3-4-21(24)12-22/h3-9,12,17-18H,10-11,13-16H2,1-2H3,(H,25,27). The van der Waals surface area contributed by atoms with Crippen LogP contribution < -0.4 is 10.1 Å². The molecule has 0 aromatic heterocycles. The second-order valence-electron chi connectivity index (χ2n) is 7.60. The number of hydrogen-bond acceptors (Lipinski definition) is 4. The SMILES string of the molecule is CC1CN(Cc2ccc(CNC(=O)CCOc3cccc(Br)c3)cc2)CC(C)O1. The molecule has 156 valence electrons. The highest BCUT2D eigenvalue weighted by molar-refractivity contribution is 9.10. The molecule has 2 aromatic rings. The van der Waals surface area contributed by atoms with Gasteiger partial charge in [0.1, 0.15) is 5.75 Å². The zero-order valence-electron chi connectivity index (χ0n) is 17.1. The summed E-state index contributed by atoms with van der Waals surface area (Å²) >= 11 is 3.40. The quantitative estimate of drug-likeness (QED) is 0.642. The number of carbonyl (C=O) groups excluding carboxylic acids is 1. The Labute approximate surface area is 181 Å². The van der Waals surface area contributed by atoms with Crippen molar-refractivity contribution in [3.63, 3.8) is 0 Å². The summed E-state index contributed by atoms with van der Waals surface area (Å²) in [4.78, 5) is 14.5. The van der Waals surface area contributed by atoms with Crippen LogP contribution in [0.1, 0.15) is 31.4 Å². The van der Waals surface area contributed by atoms with Crippen LogP contribution in [-0.2, 0) is 22.6 Å². The molecular formula is C23H29BrN2O3. The first-order chi connectivity index (χ1) is 14.0. The third-order valence-corrected chi connectivity index (χ3v) is 5.30. The van der Waals surface area contributed by atoms with E-state index >= 15 is 0 Å². The maximum absolute atomic E-state index is 12.0. The van der Waals surface area contributed by atoms with Crippen molar-refractivity contribution >= 4 is 21.8 Å². The molecule has 1 aliphatic rings. The van der Waals surface area contributed by atoms with Gasteiger partial charge in [-0.3, -0.25) is 9.69 Å². The molecule has 5 nitrogen and oxygen atoms in total. The minimum atomic E-state index is -0.0136. The molecule has 2 aromatic carbocycles. The highest BCUT2D eigenvalue weighted by atomic mass is 79.9. The van der Waals surface area contributed by atoms with Gasteiger partial charge < -0.3 is 14.8 Å². The van der Waals surface area contributed by atoms with E-state index in [4.69, 9.17) is 9.47 Å². The summed E-state index contributed by atoms with van der Waals surface area (Å²) in [5.41, 5.74) is 2.38. The lowest BCUT2D eigenvalue weighted by molar-refractivity contribution is -0.121. The minimum Gasteiger partial charge on any atom is -0.493 e. The van der Waals surface area contributed by atoms with Gasteiger partial charge in [-0.15, -0.1) is 0 Å². The summed E-state index contributed by atoms with van der Waals surface area (Å²) in [5.74, 6) is 0.743. The van der Waals surface area contributed by atoms with Crippen molar-refractivity contribution in [2.75, 3.05) is 19.7 Å². The van der Waals surface area contributed by atoms with Crippen molar-refractivity contribution in [2.24, 2.45) is 0 Å². The van der Waals surface area contributed by atoms with Gasteiger partial charge in [-0.25, -0.2) is 0 Å². The highest BCUT2D eigenvalue weighted by Gasteiger charge is 2.21. The van der Waals surface area contributed by atoms with E-state index in [2.05, 4.69) is 64.3 Å². The number of morpholine rings is 1. The summed E-state index contributed by atoms with van der Waals surface area (Å²) in [6.07, 6.45) is 0.888. The van der Waals surface area contributed by atoms with Crippen molar-refractivity contribution in [3.8, 4) is 5.75 Å². The number of nitrogens with one attached hydrogen (secondary N) is 1. The molecule has 6 heteroatoms. The van der Waals surface area contributed by atoms with Crippen LogP contribution in [-0.4, -0.2) is 42.7 Å². The maximum atomic E-state index is 12.0. The van der Waals surface area contributed by atoms with Crippen molar-refractivity contribution < 1.29 is 14.3 Å². The van der Waals surface area contributed by atoms with Gasteiger partial charge in [0, 0.05) is 30.7 Å². The minimum absolute atomic E-state index is 0.0136. The van der Waals surface area contributed by atoms with Crippen LogP contribution in [0.5, 0.6) is 5.75 Å². The first-order valence-corrected chi connectivity index (χ1v) is 10.9. The number of amides is 1. The number of hydrogen-bond donors (Lipinski definition) is 1. The van der Waals surface area contributed by atoms with Crippen LogP contribution in [0.3, 0.4) is 0 Å². The fraction of sp³-hybridized carbons (Fsp3) is 0.435. The first-order valence-electron chi connectivity index (χ1n) is 10.1. The van der Waals surface area contributed by atoms with Crippen LogP contribution in [0.25, 0.3) is 0 Å². The zero-order chi connectivity index (χ0) is 20.6. The Morgan fingerprint density at radius 1 is 1.14 bits per heavy atom.